The van der Waals surface area contributed by atoms with Crippen molar-refractivity contribution in [3.63, 3.8) is 0 Å². The lowest BCUT2D eigenvalue weighted by molar-refractivity contribution is -0.138. The molecule has 2 aliphatic rings. The molecule has 6 rings (SSSR count). The molecule has 15 N–H and O–H groups in total. The number of rotatable bonds is 18. The van der Waals surface area contributed by atoms with E-state index in [0.29, 0.717) is 5.56 Å². The number of alkyl carbamates (subject to hydrolysis) is 2. The monoisotopic (exact) mass is 1310 g/mol. The van der Waals surface area contributed by atoms with Crippen LogP contribution in [0.1, 0.15) is 102 Å². The van der Waals surface area contributed by atoms with Gasteiger partial charge in [0.05, 0.1) is 38.0 Å². The summed E-state index contributed by atoms with van der Waals surface area (Å²) < 4.78 is 11.2. The zero-order valence-electron chi connectivity index (χ0n) is 53.5. The van der Waals surface area contributed by atoms with Crippen LogP contribution in [-0.2, 0) is 59.2 Å². The highest BCUT2D eigenvalue weighted by Gasteiger charge is 2.42. The van der Waals surface area contributed by atoms with E-state index in [1.807, 2.05) is 48.5 Å². The maximum absolute atomic E-state index is 15.3. The Balaban J connectivity index is 1.41. The van der Waals surface area contributed by atoms with Gasteiger partial charge in [-0.15, -0.1) is 0 Å². The Hall–Kier alpha value is -9.51. The first-order valence-corrected chi connectivity index (χ1v) is 31.2. The van der Waals surface area contributed by atoms with Gasteiger partial charge in [0.15, 0.2) is 0 Å². The summed E-state index contributed by atoms with van der Waals surface area (Å²) >= 11 is 0. The fourth-order valence-electron chi connectivity index (χ4n) is 10.7. The summed E-state index contributed by atoms with van der Waals surface area (Å²) in [4.78, 5) is 157. The van der Waals surface area contributed by atoms with Gasteiger partial charge in [0.25, 0.3) is 0 Å². The maximum Gasteiger partial charge on any atom is 0.407 e. The SMILES string of the molecule is CC[C@H](C)[C@@H]1NC(=O)[C@@H](CCNC(=O)OCc2ccccc2)NC(=O)[C@H](CC(C)C)NC(=O)[C@H]([C@H](O)C(C)C)NC(=O)[C@@H](NC(=O)OCC2c3ccccc3-c3ccccc32)[C@@H](c2ccccc2)NC(=O)C(CO)NC(=O)[C@H](CO)NC(=O)CNC(=O)[C@H]([C@H](C)O)NC1=O. The zero-order chi connectivity index (χ0) is 68.8. The minimum absolute atomic E-state index is 0.116. The van der Waals surface area contributed by atoms with Crippen molar-refractivity contribution in [1.29, 1.82) is 0 Å². The van der Waals surface area contributed by atoms with Crippen LogP contribution < -0.4 is 58.5 Å². The van der Waals surface area contributed by atoms with Crippen LogP contribution >= 0.6 is 0 Å². The van der Waals surface area contributed by atoms with Crippen LogP contribution in [0.5, 0.6) is 0 Å². The predicted octanol–water partition coefficient (Wildman–Crippen LogP) is 0.0656. The summed E-state index contributed by atoms with van der Waals surface area (Å²) in [7, 11) is 0. The van der Waals surface area contributed by atoms with Crippen molar-refractivity contribution in [2.45, 2.75) is 147 Å². The average molecular weight is 1310 g/mol. The third kappa shape index (κ3) is 20.5. The number of amides is 11. The van der Waals surface area contributed by atoms with Gasteiger partial charge < -0.3 is 88.4 Å². The van der Waals surface area contributed by atoms with Gasteiger partial charge in [-0.25, -0.2) is 9.59 Å². The van der Waals surface area contributed by atoms with Gasteiger partial charge in [-0.3, -0.25) is 43.2 Å². The van der Waals surface area contributed by atoms with Crippen LogP contribution in [0.2, 0.25) is 0 Å². The quantitative estimate of drug-likeness (QED) is 0.0627. The van der Waals surface area contributed by atoms with Crippen LogP contribution in [0.25, 0.3) is 11.1 Å². The molecule has 11 amide bonds. The Morgan fingerprint density at radius 3 is 1.64 bits per heavy atom. The first-order chi connectivity index (χ1) is 44.8. The lowest BCUT2D eigenvalue weighted by Gasteiger charge is -2.33. The Labute approximate surface area is 544 Å². The van der Waals surface area contributed by atoms with Gasteiger partial charge in [0.1, 0.15) is 61.5 Å². The summed E-state index contributed by atoms with van der Waals surface area (Å²) in [6, 6.07) is 15.4. The third-order valence-electron chi connectivity index (χ3n) is 16.1. The number of aliphatic hydroxyl groups excluding tert-OH is 4. The standard InChI is InChI=1S/C66H87N11O17/c1-8-37(6)51-62(88)74-52(38(7)80)61(87)68-30-50(81)69-48(31-78)59(85)72-49(32-79)60(86)75-53(40-21-13-10-14-22-40)54(77-66(92)94-34-45-43-25-17-15-23-41(43)42-24-16-18-26-44(42)45)63(89)76-55(56(82)36(4)5)64(90)71-47(29-35(2)3)58(84)70-46(57(83)73-51)27-28-67-65(91)93-33-39-19-11-9-12-20-39/h9-26,35-38,45-49,51-56,78-80,82H,8,27-34H2,1-7H3,(H,67,91)(H,68,87)(H,69,81)(H,70,84)(H,71,90)(H,72,85)(H,73,83)(H,74,88)(H,75,86)(H,76,89)(H,77,92)/t37-,38-,46+,47-,48-,49?,51-,52-,53+,54-,55-,56+/m0/s1. The Morgan fingerprint density at radius 1 is 0.543 bits per heavy atom. The van der Waals surface area contributed by atoms with E-state index in [-0.39, 0.29) is 50.5 Å². The van der Waals surface area contributed by atoms with Crippen LogP contribution in [-0.4, -0.2) is 179 Å². The highest BCUT2D eigenvalue weighted by molar-refractivity contribution is 5.99. The molecule has 0 saturated carbocycles. The number of hydrogen-bond acceptors (Lipinski definition) is 17. The Kier molecular flexibility index (Phi) is 27.8. The molecule has 1 unspecified atom stereocenters. The fourth-order valence-corrected chi connectivity index (χ4v) is 10.7. The first-order valence-electron chi connectivity index (χ1n) is 31.2. The number of ether oxygens (including phenoxy) is 2. The van der Waals surface area contributed by atoms with Crippen LogP contribution in [0.15, 0.2) is 109 Å². The number of aliphatic hydroxyl groups is 4. The Bertz CT molecular complexity index is 3240. The van der Waals surface area contributed by atoms with E-state index in [9.17, 15) is 68.4 Å². The zero-order valence-corrected chi connectivity index (χ0v) is 53.5. The van der Waals surface area contributed by atoms with Gasteiger partial charge in [-0.1, -0.05) is 157 Å². The summed E-state index contributed by atoms with van der Waals surface area (Å²) in [6.45, 7) is 7.07. The number of benzene rings is 4. The number of carbonyl (C=O) groups excluding carboxylic acids is 11. The predicted molar refractivity (Wildman–Crippen MR) is 341 cm³/mol. The lowest BCUT2D eigenvalue weighted by atomic mass is 9.94. The molecule has 508 valence electrons. The van der Waals surface area contributed by atoms with Crippen molar-refractivity contribution in [3.8, 4) is 11.1 Å². The molecule has 1 aliphatic carbocycles. The van der Waals surface area contributed by atoms with E-state index in [1.165, 1.54) is 38.1 Å². The van der Waals surface area contributed by atoms with Crippen molar-refractivity contribution in [2.75, 3.05) is 32.9 Å². The number of fused-ring (bicyclic) bond motifs is 3. The first kappa shape index (κ1) is 73.5. The topological polar surface area (TPSA) is 419 Å². The van der Waals surface area contributed by atoms with Gasteiger partial charge >= 0.3 is 12.2 Å². The molecular formula is C66H87N11O17. The van der Waals surface area contributed by atoms with Crippen molar-refractivity contribution in [1.82, 2.24) is 58.5 Å². The largest absolute Gasteiger partial charge is 0.449 e. The van der Waals surface area contributed by atoms with Gasteiger partial charge in [0.2, 0.25) is 53.2 Å². The Morgan fingerprint density at radius 2 is 1.05 bits per heavy atom. The second-order valence-electron chi connectivity index (χ2n) is 24.0. The third-order valence-corrected chi connectivity index (χ3v) is 16.1. The molecule has 0 radical (unpaired) electrons. The van der Waals surface area contributed by atoms with Crippen molar-refractivity contribution < 1.29 is 82.6 Å². The van der Waals surface area contributed by atoms with Crippen molar-refractivity contribution in [2.24, 2.45) is 17.8 Å². The normalized spacial score (nSPS) is 23.5. The number of nitrogens with one attached hydrogen (secondary N) is 11. The lowest BCUT2D eigenvalue weighted by Crippen LogP contribution is -2.64. The van der Waals surface area contributed by atoms with Crippen molar-refractivity contribution in [3.05, 3.63) is 131 Å². The van der Waals surface area contributed by atoms with E-state index in [4.69, 9.17) is 9.47 Å². The van der Waals surface area contributed by atoms with Crippen LogP contribution in [0.3, 0.4) is 0 Å². The molecule has 1 fully saturated rings. The van der Waals surface area contributed by atoms with E-state index in [0.717, 1.165) is 29.2 Å². The summed E-state index contributed by atoms with van der Waals surface area (Å²) in [5.74, 6) is -12.4. The molecule has 4 aromatic carbocycles. The second-order valence-corrected chi connectivity index (χ2v) is 24.0. The number of carbonyl (C=O) groups is 11. The highest BCUT2D eigenvalue weighted by Crippen LogP contribution is 2.44. The molecule has 1 heterocycles. The maximum atomic E-state index is 15.3. The van der Waals surface area contributed by atoms with Gasteiger partial charge in [-0.2, -0.15) is 0 Å². The molecule has 1 saturated heterocycles. The molecule has 28 heteroatoms. The summed E-state index contributed by atoms with van der Waals surface area (Å²) in [6.07, 6.45) is -5.75. The van der Waals surface area contributed by atoms with E-state index >= 15 is 4.79 Å². The summed E-state index contributed by atoms with van der Waals surface area (Å²) in [5.41, 5.74) is 4.28. The van der Waals surface area contributed by atoms with Gasteiger partial charge in [0, 0.05) is 12.5 Å². The average Bonchev–Trinajstić information content (AvgIpc) is 1.61. The molecule has 28 nitrogen and oxygen atoms in total. The highest BCUT2D eigenvalue weighted by atomic mass is 16.6. The number of hydrogen-bond donors (Lipinski definition) is 15. The molecule has 94 heavy (non-hydrogen) atoms. The summed E-state index contributed by atoms with van der Waals surface area (Å²) in [5, 5.41) is 70.8. The van der Waals surface area contributed by atoms with Crippen LogP contribution in [0.4, 0.5) is 9.59 Å². The van der Waals surface area contributed by atoms with Gasteiger partial charge in [-0.05, 0) is 70.9 Å². The minimum Gasteiger partial charge on any atom is -0.449 e. The van der Waals surface area contributed by atoms with E-state index < -0.39 is 169 Å². The van der Waals surface area contributed by atoms with Crippen molar-refractivity contribution >= 4 is 65.4 Å². The molecule has 4 aromatic rings. The molecule has 0 aromatic heterocycles. The van der Waals surface area contributed by atoms with E-state index in [1.54, 1.807) is 64.1 Å². The second kappa shape index (κ2) is 35.5. The van der Waals surface area contributed by atoms with Crippen LogP contribution in [0, 0.1) is 17.8 Å². The molecule has 0 bridgehead atoms. The fraction of sp³-hybridized carbons (Fsp3) is 0.470. The smallest absolute Gasteiger partial charge is 0.407 e. The molecule has 1 aliphatic heterocycles. The van der Waals surface area contributed by atoms with E-state index in [2.05, 4.69) is 58.5 Å². The molecule has 12 atom stereocenters. The minimum atomic E-state index is -2.01. The molecular weight excluding hydrogens is 1220 g/mol. The molecule has 0 spiro atoms.